The Labute approximate surface area is 89.1 Å². The summed E-state index contributed by atoms with van der Waals surface area (Å²) in [5.41, 5.74) is 5.75. The van der Waals surface area contributed by atoms with Crippen LogP contribution in [0.3, 0.4) is 0 Å². The zero-order chi connectivity index (χ0) is 9.97. The van der Waals surface area contributed by atoms with Gasteiger partial charge in [0.2, 0.25) is 0 Å². The zero-order valence-electron chi connectivity index (χ0n) is 8.52. The van der Waals surface area contributed by atoms with Crippen molar-refractivity contribution < 1.29 is 0 Å². The molecule has 0 aromatic carbocycles. The molecule has 2 rings (SSSR count). The molecule has 0 bridgehead atoms. The average Bonchev–Trinajstić information content (AvgIpc) is 2.77. The van der Waals surface area contributed by atoms with E-state index < -0.39 is 0 Å². The largest absolute Gasteiger partial charge is 0.330 e. The van der Waals surface area contributed by atoms with E-state index in [2.05, 4.69) is 9.55 Å². The first-order valence-electron chi connectivity index (χ1n) is 5.15. The predicted octanol–water partition coefficient (Wildman–Crippen LogP) is 1.64. The molecule has 1 fully saturated rings. The minimum absolute atomic E-state index is 0.682. The Balaban J connectivity index is 2.00. The van der Waals surface area contributed by atoms with Crippen molar-refractivity contribution in [3.63, 3.8) is 0 Å². The molecule has 1 heterocycles. The summed E-state index contributed by atoms with van der Waals surface area (Å²) in [4.78, 5) is 4.33. The lowest BCUT2D eigenvalue weighted by atomic mass is 10.1. The second-order valence-corrected chi connectivity index (χ2v) is 5.11. The maximum Gasteiger partial charge on any atom is 0.167 e. The fraction of sp³-hybridized carbons (Fsp3) is 0.700. The Morgan fingerprint density at radius 1 is 1.64 bits per heavy atom. The van der Waals surface area contributed by atoms with Gasteiger partial charge >= 0.3 is 0 Å². The molecule has 1 saturated carbocycles. The molecule has 2 N–H and O–H groups in total. The maximum absolute atomic E-state index is 5.75. The molecule has 14 heavy (non-hydrogen) atoms. The number of aromatic nitrogens is 2. The number of nitrogens with zero attached hydrogens (tertiary/aromatic N) is 2. The SMILES string of the molecule is Cn1ccnc1SC1CCCC1CN. The summed E-state index contributed by atoms with van der Waals surface area (Å²) >= 11 is 1.89. The first-order chi connectivity index (χ1) is 6.81. The van der Waals surface area contributed by atoms with E-state index >= 15 is 0 Å². The van der Waals surface area contributed by atoms with E-state index in [1.807, 2.05) is 31.2 Å². The van der Waals surface area contributed by atoms with Crippen LogP contribution in [-0.2, 0) is 7.05 Å². The lowest BCUT2D eigenvalue weighted by Crippen LogP contribution is -2.20. The molecule has 2 atom stereocenters. The quantitative estimate of drug-likeness (QED) is 0.826. The molecule has 0 amide bonds. The van der Waals surface area contributed by atoms with Crippen LogP contribution in [0.1, 0.15) is 19.3 Å². The minimum atomic E-state index is 0.682. The summed E-state index contributed by atoms with van der Waals surface area (Å²) in [7, 11) is 2.04. The van der Waals surface area contributed by atoms with E-state index in [0.29, 0.717) is 11.2 Å². The van der Waals surface area contributed by atoms with Gasteiger partial charge in [-0.1, -0.05) is 18.2 Å². The van der Waals surface area contributed by atoms with Crippen LogP contribution in [0.25, 0.3) is 0 Å². The fourth-order valence-corrected chi connectivity index (χ4v) is 3.37. The van der Waals surface area contributed by atoms with Crippen molar-refractivity contribution in [1.29, 1.82) is 0 Å². The van der Waals surface area contributed by atoms with Gasteiger partial charge < -0.3 is 10.3 Å². The first-order valence-corrected chi connectivity index (χ1v) is 6.03. The number of hydrogen-bond acceptors (Lipinski definition) is 3. The van der Waals surface area contributed by atoms with Gasteiger partial charge in [0.1, 0.15) is 0 Å². The van der Waals surface area contributed by atoms with Crippen molar-refractivity contribution >= 4 is 11.8 Å². The molecule has 1 aromatic heterocycles. The maximum atomic E-state index is 5.75. The normalized spacial score (nSPS) is 27.0. The Morgan fingerprint density at radius 2 is 2.50 bits per heavy atom. The summed E-state index contributed by atoms with van der Waals surface area (Å²) in [6.45, 7) is 0.822. The Hall–Kier alpha value is -0.480. The molecule has 2 unspecified atom stereocenters. The van der Waals surface area contributed by atoms with Gasteiger partial charge in [-0.15, -0.1) is 0 Å². The molecule has 3 nitrogen and oxygen atoms in total. The summed E-state index contributed by atoms with van der Waals surface area (Å²) in [5, 5.41) is 1.80. The third-order valence-electron chi connectivity index (χ3n) is 2.93. The summed E-state index contributed by atoms with van der Waals surface area (Å²) in [6.07, 6.45) is 7.76. The summed E-state index contributed by atoms with van der Waals surface area (Å²) < 4.78 is 2.08. The third kappa shape index (κ3) is 1.96. The van der Waals surface area contributed by atoms with Gasteiger partial charge in [-0.25, -0.2) is 4.98 Å². The molecule has 0 spiro atoms. The first kappa shape index (κ1) is 10.1. The minimum Gasteiger partial charge on any atom is -0.330 e. The molecule has 0 aliphatic heterocycles. The lowest BCUT2D eigenvalue weighted by Gasteiger charge is -2.16. The fourth-order valence-electron chi connectivity index (χ4n) is 2.03. The van der Waals surface area contributed by atoms with Gasteiger partial charge in [0.15, 0.2) is 5.16 Å². The van der Waals surface area contributed by atoms with E-state index in [1.54, 1.807) is 0 Å². The highest BCUT2D eigenvalue weighted by Gasteiger charge is 2.27. The summed E-state index contributed by atoms with van der Waals surface area (Å²) in [6, 6.07) is 0. The van der Waals surface area contributed by atoms with Gasteiger partial charge in [-0.3, -0.25) is 0 Å². The van der Waals surface area contributed by atoms with Crippen molar-refractivity contribution in [1.82, 2.24) is 9.55 Å². The van der Waals surface area contributed by atoms with E-state index in [1.165, 1.54) is 19.3 Å². The number of hydrogen-bond donors (Lipinski definition) is 1. The molecule has 1 aromatic rings. The lowest BCUT2D eigenvalue weighted by molar-refractivity contribution is 0.571. The van der Waals surface area contributed by atoms with Crippen LogP contribution in [0.2, 0.25) is 0 Å². The number of nitrogens with two attached hydrogens (primary N) is 1. The van der Waals surface area contributed by atoms with Crippen LogP contribution in [0.15, 0.2) is 17.6 Å². The number of thioether (sulfide) groups is 1. The number of aryl methyl sites for hydroxylation is 1. The van der Waals surface area contributed by atoms with Crippen molar-refractivity contribution in [3.05, 3.63) is 12.4 Å². The van der Waals surface area contributed by atoms with Gasteiger partial charge in [-0.2, -0.15) is 0 Å². The topological polar surface area (TPSA) is 43.8 Å². The highest BCUT2D eigenvalue weighted by Crippen LogP contribution is 2.37. The van der Waals surface area contributed by atoms with Crippen LogP contribution in [-0.4, -0.2) is 21.3 Å². The molecule has 4 heteroatoms. The van der Waals surface area contributed by atoms with Crippen molar-refractivity contribution in [3.8, 4) is 0 Å². The summed E-state index contributed by atoms with van der Waals surface area (Å²) in [5.74, 6) is 0.691. The molecule has 0 radical (unpaired) electrons. The molecule has 1 aliphatic carbocycles. The standard InChI is InChI=1S/C10H17N3S/c1-13-6-5-12-10(13)14-9-4-2-3-8(9)7-11/h5-6,8-9H,2-4,7,11H2,1H3. The number of imidazole rings is 1. The van der Waals surface area contributed by atoms with E-state index in [0.717, 1.165) is 11.7 Å². The smallest absolute Gasteiger partial charge is 0.167 e. The van der Waals surface area contributed by atoms with E-state index in [9.17, 15) is 0 Å². The van der Waals surface area contributed by atoms with Crippen LogP contribution in [0, 0.1) is 5.92 Å². The van der Waals surface area contributed by atoms with Crippen LogP contribution >= 0.6 is 11.8 Å². The highest BCUT2D eigenvalue weighted by molar-refractivity contribution is 7.99. The monoisotopic (exact) mass is 211 g/mol. The molecule has 78 valence electrons. The Bertz CT molecular complexity index is 297. The van der Waals surface area contributed by atoms with Crippen LogP contribution in [0.4, 0.5) is 0 Å². The zero-order valence-corrected chi connectivity index (χ0v) is 9.33. The van der Waals surface area contributed by atoms with Gasteiger partial charge in [0.05, 0.1) is 0 Å². The third-order valence-corrected chi connectivity index (χ3v) is 4.45. The van der Waals surface area contributed by atoms with Gasteiger partial charge in [0.25, 0.3) is 0 Å². The molecular weight excluding hydrogens is 194 g/mol. The van der Waals surface area contributed by atoms with Gasteiger partial charge in [-0.05, 0) is 25.3 Å². The second-order valence-electron chi connectivity index (χ2n) is 3.90. The predicted molar refractivity (Wildman–Crippen MR) is 59.2 cm³/mol. The highest BCUT2D eigenvalue weighted by atomic mass is 32.2. The number of rotatable bonds is 3. The van der Waals surface area contributed by atoms with Crippen LogP contribution < -0.4 is 5.73 Å². The average molecular weight is 211 g/mol. The molecular formula is C10H17N3S. The van der Waals surface area contributed by atoms with E-state index in [-0.39, 0.29) is 0 Å². The molecule has 1 aliphatic rings. The van der Waals surface area contributed by atoms with Gasteiger partial charge in [0, 0.05) is 24.7 Å². The van der Waals surface area contributed by atoms with Crippen molar-refractivity contribution in [2.45, 2.75) is 29.7 Å². The van der Waals surface area contributed by atoms with Crippen LogP contribution in [0.5, 0.6) is 0 Å². The molecule has 0 saturated heterocycles. The van der Waals surface area contributed by atoms with Crippen molar-refractivity contribution in [2.75, 3.05) is 6.54 Å². The Morgan fingerprint density at radius 3 is 3.14 bits per heavy atom. The van der Waals surface area contributed by atoms with E-state index in [4.69, 9.17) is 5.73 Å². The Kier molecular flexibility index (Phi) is 3.13. The van der Waals surface area contributed by atoms with Crippen molar-refractivity contribution in [2.24, 2.45) is 18.7 Å². The second kappa shape index (κ2) is 4.36.